The Morgan fingerprint density at radius 3 is 2.50 bits per heavy atom. The Bertz CT molecular complexity index is 1130. The number of carbonyl (C=O) groups excluding carboxylic acids is 1. The number of benzene rings is 2. The van der Waals surface area contributed by atoms with E-state index in [9.17, 15) is 22.4 Å². The maximum atomic E-state index is 12.8. The van der Waals surface area contributed by atoms with Gasteiger partial charge in [-0.15, -0.1) is 0 Å². The molecule has 3 aromatic rings. The molecule has 1 fully saturated rings. The zero-order chi connectivity index (χ0) is 22.9. The van der Waals surface area contributed by atoms with E-state index in [0.717, 1.165) is 28.6 Å². The molecular formula is C24H22F4N2O2. The Balaban J connectivity index is 1.36. The van der Waals surface area contributed by atoms with Crippen molar-refractivity contribution in [1.82, 2.24) is 4.98 Å². The van der Waals surface area contributed by atoms with E-state index in [1.54, 1.807) is 6.20 Å². The van der Waals surface area contributed by atoms with Gasteiger partial charge in [0.25, 0.3) is 0 Å². The van der Waals surface area contributed by atoms with Crippen LogP contribution in [0.4, 0.5) is 23.2 Å². The van der Waals surface area contributed by atoms with Gasteiger partial charge in [-0.1, -0.05) is 18.7 Å². The van der Waals surface area contributed by atoms with Crippen LogP contribution in [-0.4, -0.2) is 17.0 Å². The fourth-order valence-corrected chi connectivity index (χ4v) is 3.81. The molecule has 4 rings (SSSR count). The van der Waals surface area contributed by atoms with Gasteiger partial charge in [0.05, 0.1) is 23.2 Å². The highest BCUT2D eigenvalue weighted by Crippen LogP contribution is 2.41. The predicted octanol–water partition coefficient (Wildman–Crippen LogP) is 6.71. The van der Waals surface area contributed by atoms with Gasteiger partial charge in [0.1, 0.15) is 5.75 Å². The summed E-state index contributed by atoms with van der Waals surface area (Å²) in [7, 11) is 0. The molecule has 8 heteroatoms. The summed E-state index contributed by atoms with van der Waals surface area (Å²) in [5.41, 5.74) is 1.63. The van der Waals surface area contributed by atoms with Crippen molar-refractivity contribution in [3.05, 3.63) is 72.2 Å². The lowest BCUT2D eigenvalue weighted by atomic mass is 9.77. The third kappa shape index (κ3) is 4.95. The standard InChI is InChI=1S/C24H22F4N2O2/c1-14(25)2-9-23(31)30-22-13-29-21-8-7-18(12-20(21)22)32-19-10-16(11-19)15-3-5-17(6-4-15)24(26,27)28/h3-8,12-13,16,19,29H,1-2,9-11H2,(H,30,31). The Morgan fingerprint density at radius 1 is 1.12 bits per heavy atom. The minimum absolute atomic E-state index is 0.00557. The number of fused-ring (bicyclic) bond motifs is 1. The van der Waals surface area contributed by atoms with Crippen LogP contribution in [0.5, 0.6) is 5.75 Å². The van der Waals surface area contributed by atoms with Crippen LogP contribution in [0.25, 0.3) is 10.9 Å². The number of nitrogens with one attached hydrogen (secondary N) is 2. The first-order valence-electron chi connectivity index (χ1n) is 10.3. The number of anilines is 1. The maximum Gasteiger partial charge on any atom is 0.416 e. The van der Waals surface area contributed by atoms with Gasteiger partial charge >= 0.3 is 6.18 Å². The van der Waals surface area contributed by atoms with Crippen LogP contribution < -0.4 is 10.1 Å². The SMILES string of the molecule is C=C(F)CCC(=O)Nc1c[nH]c2ccc(OC3CC(c4ccc(C(F)(F)F)cc4)C3)cc12. The molecule has 0 aliphatic heterocycles. The summed E-state index contributed by atoms with van der Waals surface area (Å²) in [5.74, 6) is -0.0433. The van der Waals surface area contributed by atoms with E-state index >= 15 is 0 Å². The van der Waals surface area contributed by atoms with Crippen LogP contribution in [-0.2, 0) is 11.0 Å². The smallest absolute Gasteiger partial charge is 0.416 e. The van der Waals surface area contributed by atoms with Crippen LogP contribution in [0.2, 0.25) is 0 Å². The Morgan fingerprint density at radius 2 is 1.84 bits per heavy atom. The topological polar surface area (TPSA) is 54.1 Å². The molecule has 32 heavy (non-hydrogen) atoms. The van der Waals surface area contributed by atoms with E-state index < -0.39 is 17.6 Å². The molecule has 1 aliphatic rings. The number of H-pyrrole nitrogens is 1. The van der Waals surface area contributed by atoms with E-state index in [1.165, 1.54) is 12.1 Å². The molecule has 168 valence electrons. The molecule has 1 saturated carbocycles. The van der Waals surface area contributed by atoms with Gasteiger partial charge in [-0.3, -0.25) is 4.79 Å². The quantitative estimate of drug-likeness (QED) is 0.396. The monoisotopic (exact) mass is 446 g/mol. The number of aromatic nitrogens is 1. The number of ether oxygens (including phenoxy) is 1. The minimum atomic E-state index is -4.33. The first-order chi connectivity index (χ1) is 15.2. The van der Waals surface area contributed by atoms with Gasteiger partial charge in [-0.2, -0.15) is 13.2 Å². The van der Waals surface area contributed by atoms with Crippen molar-refractivity contribution in [1.29, 1.82) is 0 Å². The van der Waals surface area contributed by atoms with Crippen molar-refractivity contribution in [2.45, 2.75) is 43.9 Å². The molecule has 1 amide bonds. The number of carbonyl (C=O) groups is 1. The van der Waals surface area contributed by atoms with E-state index in [4.69, 9.17) is 4.74 Å². The van der Waals surface area contributed by atoms with Gasteiger partial charge in [-0.25, -0.2) is 4.39 Å². The summed E-state index contributed by atoms with van der Waals surface area (Å²) < 4.78 is 56.9. The van der Waals surface area contributed by atoms with Crippen molar-refractivity contribution >= 4 is 22.5 Å². The average Bonchev–Trinajstić information content (AvgIpc) is 3.10. The molecule has 1 aliphatic carbocycles. The Kier molecular flexibility index (Phi) is 5.95. The van der Waals surface area contributed by atoms with Gasteiger partial charge in [0.15, 0.2) is 0 Å². The molecule has 1 aromatic heterocycles. The number of allylic oxidation sites excluding steroid dienone is 1. The van der Waals surface area contributed by atoms with Crippen molar-refractivity contribution in [2.24, 2.45) is 0 Å². The zero-order valence-corrected chi connectivity index (χ0v) is 17.1. The van der Waals surface area contributed by atoms with Crippen LogP contribution in [0.1, 0.15) is 42.7 Å². The fourth-order valence-electron chi connectivity index (χ4n) is 3.81. The highest BCUT2D eigenvalue weighted by atomic mass is 19.4. The van der Waals surface area contributed by atoms with E-state index in [1.807, 2.05) is 18.2 Å². The molecule has 2 aromatic carbocycles. The first-order valence-corrected chi connectivity index (χ1v) is 10.3. The number of alkyl halides is 3. The largest absolute Gasteiger partial charge is 0.490 e. The van der Waals surface area contributed by atoms with Gasteiger partial charge in [-0.05, 0) is 54.7 Å². The third-order valence-electron chi connectivity index (χ3n) is 5.66. The Labute approximate surface area is 182 Å². The van der Waals surface area contributed by atoms with E-state index in [2.05, 4.69) is 16.9 Å². The summed E-state index contributed by atoms with van der Waals surface area (Å²) in [6.45, 7) is 3.15. The molecule has 1 heterocycles. The highest BCUT2D eigenvalue weighted by molar-refractivity contribution is 6.02. The molecule has 4 nitrogen and oxygen atoms in total. The van der Waals surface area contributed by atoms with Crippen LogP contribution in [0.15, 0.2) is 61.1 Å². The number of amides is 1. The normalized spacial score (nSPS) is 18.2. The van der Waals surface area contributed by atoms with Crippen LogP contribution in [0.3, 0.4) is 0 Å². The second-order valence-electron chi connectivity index (χ2n) is 8.00. The molecule has 2 N–H and O–H groups in total. The Hall–Kier alpha value is -3.29. The second-order valence-corrected chi connectivity index (χ2v) is 8.00. The van der Waals surface area contributed by atoms with Crippen LogP contribution >= 0.6 is 0 Å². The van der Waals surface area contributed by atoms with Crippen molar-refractivity contribution < 1.29 is 27.1 Å². The second kappa shape index (κ2) is 8.68. The summed E-state index contributed by atoms with van der Waals surface area (Å²) >= 11 is 0. The first kappa shape index (κ1) is 21.9. The highest BCUT2D eigenvalue weighted by Gasteiger charge is 2.34. The molecule has 0 saturated heterocycles. The number of aromatic amines is 1. The zero-order valence-electron chi connectivity index (χ0n) is 17.1. The maximum absolute atomic E-state index is 12.8. The van der Waals surface area contributed by atoms with Crippen molar-refractivity contribution in [2.75, 3.05) is 5.32 Å². The van der Waals surface area contributed by atoms with Gasteiger partial charge < -0.3 is 15.0 Å². The van der Waals surface area contributed by atoms with Crippen LogP contribution in [0, 0.1) is 0 Å². The lowest BCUT2D eigenvalue weighted by molar-refractivity contribution is -0.137. The van der Waals surface area contributed by atoms with E-state index in [0.29, 0.717) is 24.3 Å². The van der Waals surface area contributed by atoms with Gasteiger partial charge in [0, 0.05) is 29.9 Å². The lowest BCUT2D eigenvalue weighted by Crippen LogP contribution is -2.32. The van der Waals surface area contributed by atoms with Crippen molar-refractivity contribution in [3.8, 4) is 5.75 Å². The van der Waals surface area contributed by atoms with Gasteiger partial charge in [0.2, 0.25) is 5.91 Å². The third-order valence-corrected chi connectivity index (χ3v) is 5.66. The lowest BCUT2D eigenvalue weighted by Gasteiger charge is -2.35. The number of rotatable bonds is 7. The summed E-state index contributed by atoms with van der Waals surface area (Å²) in [5, 5.41) is 3.53. The number of hydrogen-bond donors (Lipinski definition) is 2. The fraction of sp³-hybridized carbons (Fsp3) is 0.292. The van der Waals surface area contributed by atoms with Crippen molar-refractivity contribution in [3.63, 3.8) is 0 Å². The molecule has 0 bridgehead atoms. The summed E-state index contributed by atoms with van der Waals surface area (Å²) in [4.78, 5) is 15.1. The molecular weight excluding hydrogens is 424 g/mol. The molecule has 0 radical (unpaired) electrons. The average molecular weight is 446 g/mol. The number of hydrogen-bond acceptors (Lipinski definition) is 2. The predicted molar refractivity (Wildman–Crippen MR) is 114 cm³/mol. The molecule has 0 spiro atoms. The summed E-state index contributed by atoms with van der Waals surface area (Å²) in [6, 6.07) is 10.8. The van der Waals surface area contributed by atoms with E-state index in [-0.39, 0.29) is 30.8 Å². The number of halogens is 4. The summed E-state index contributed by atoms with van der Waals surface area (Å²) in [6.07, 6.45) is -1.29. The molecule has 0 unspecified atom stereocenters. The molecule has 0 atom stereocenters. The minimum Gasteiger partial charge on any atom is -0.490 e.